The van der Waals surface area contributed by atoms with Gasteiger partial charge in [0.15, 0.2) is 0 Å². The van der Waals surface area contributed by atoms with Gasteiger partial charge in [0.25, 0.3) is 0 Å². The third-order valence-corrected chi connectivity index (χ3v) is 5.61. The molecule has 0 saturated heterocycles. The second kappa shape index (κ2) is 7.52. The molecule has 0 spiro atoms. The SMILES string of the molecule is FC(F)(F)C1=C(Pc2c(C(F)(F)F)cccc2C(F)(F)F)C(C(F)(F)F)CC=C1. The molecule has 0 amide bonds. The van der Waals surface area contributed by atoms with Gasteiger partial charge in [-0.1, -0.05) is 26.8 Å². The van der Waals surface area contributed by atoms with E-state index in [4.69, 9.17) is 0 Å². The zero-order valence-corrected chi connectivity index (χ0v) is 14.7. The Hall–Kier alpha value is -1.71. The molecule has 0 N–H and O–H groups in total. The predicted molar refractivity (Wildman–Crippen MR) is 80.8 cm³/mol. The first-order valence-corrected chi connectivity index (χ1v) is 8.53. The summed E-state index contributed by atoms with van der Waals surface area (Å²) in [6.07, 6.45) is -21.8. The Labute approximate surface area is 157 Å². The van der Waals surface area contributed by atoms with Crippen LogP contribution in [0.4, 0.5) is 52.7 Å². The Morgan fingerprint density at radius 3 is 1.59 bits per heavy atom. The van der Waals surface area contributed by atoms with Crippen molar-refractivity contribution < 1.29 is 52.7 Å². The van der Waals surface area contributed by atoms with Gasteiger partial charge in [0.2, 0.25) is 0 Å². The third kappa shape index (κ3) is 5.26. The van der Waals surface area contributed by atoms with E-state index >= 15 is 0 Å². The second-order valence-corrected chi connectivity index (χ2v) is 7.19. The van der Waals surface area contributed by atoms with Crippen LogP contribution in [0.1, 0.15) is 17.5 Å². The summed E-state index contributed by atoms with van der Waals surface area (Å²) in [5.41, 5.74) is -5.76. The molecule has 2 unspecified atom stereocenters. The maximum Gasteiger partial charge on any atom is 0.417 e. The van der Waals surface area contributed by atoms with E-state index in [0.717, 1.165) is 0 Å². The van der Waals surface area contributed by atoms with Gasteiger partial charge >= 0.3 is 24.7 Å². The highest BCUT2D eigenvalue weighted by Crippen LogP contribution is 2.51. The summed E-state index contributed by atoms with van der Waals surface area (Å²) >= 11 is 0. The van der Waals surface area contributed by atoms with E-state index in [-0.39, 0.29) is 18.2 Å². The van der Waals surface area contributed by atoms with Crippen LogP contribution in [-0.2, 0) is 12.4 Å². The number of alkyl halides is 12. The van der Waals surface area contributed by atoms with Crippen LogP contribution in [-0.4, -0.2) is 12.4 Å². The number of benzene rings is 1. The summed E-state index contributed by atoms with van der Waals surface area (Å²) < 4.78 is 159. The molecule has 1 aliphatic carbocycles. The Kier molecular flexibility index (Phi) is 6.11. The molecule has 2 atom stereocenters. The molecule has 0 aromatic heterocycles. The maximum absolute atomic E-state index is 13.2. The Balaban J connectivity index is 2.80. The molecule has 1 aromatic rings. The van der Waals surface area contributed by atoms with E-state index in [2.05, 4.69) is 0 Å². The average Bonchev–Trinajstić information content (AvgIpc) is 2.51. The van der Waals surface area contributed by atoms with E-state index in [1.807, 2.05) is 0 Å². The summed E-state index contributed by atoms with van der Waals surface area (Å²) in [5, 5.41) is -3.22. The molecule has 162 valence electrons. The van der Waals surface area contributed by atoms with Crippen LogP contribution < -0.4 is 5.30 Å². The number of halogens is 12. The first-order chi connectivity index (χ1) is 12.9. The quantitative estimate of drug-likeness (QED) is 0.330. The van der Waals surface area contributed by atoms with E-state index in [1.165, 1.54) is 0 Å². The van der Waals surface area contributed by atoms with Crippen molar-refractivity contribution in [2.24, 2.45) is 5.92 Å². The molecule has 13 heteroatoms. The van der Waals surface area contributed by atoms with E-state index in [9.17, 15) is 52.7 Å². The van der Waals surface area contributed by atoms with E-state index < -0.39 is 72.9 Å². The smallest absolute Gasteiger partial charge is 0.170 e. The minimum Gasteiger partial charge on any atom is -0.170 e. The molecule has 1 aliphatic rings. The summed E-state index contributed by atoms with van der Waals surface area (Å²) in [7, 11) is -2.15. The van der Waals surface area contributed by atoms with Crippen LogP contribution in [0.15, 0.2) is 41.2 Å². The average molecular weight is 460 g/mol. The summed E-state index contributed by atoms with van der Waals surface area (Å²) in [5.74, 6) is -2.86. The zero-order chi connectivity index (χ0) is 22.4. The molecular weight excluding hydrogens is 451 g/mol. The van der Waals surface area contributed by atoms with Crippen LogP contribution >= 0.6 is 8.58 Å². The lowest BCUT2D eigenvalue weighted by molar-refractivity contribution is -0.163. The highest BCUT2D eigenvalue weighted by atomic mass is 31.1. The molecular formula is C16H9F12P. The van der Waals surface area contributed by atoms with E-state index in [1.54, 1.807) is 0 Å². The van der Waals surface area contributed by atoms with Crippen molar-refractivity contribution in [2.75, 3.05) is 0 Å². The van der Waals surface area contributed by atoms with Gasteiger partial charge in [-0.2, -0.15) is 52.7 Å². The zero-order valence-electron chi connectivity index (χ0n) is 13.7. The lowest BCUT2D eigenvalue weighted by Crippen LogP contribution is -2.31. The van der Waals surface area contributed by atoms with Crippen LogP contribution in [0.25, 0.3) is 0 Å². The minimum absolute atomic E-state index is 0.187. The van der Waals surface area contributed by atoms with Gasteiger partial charge in [-0.05, 0) is 23.9 Å². The third-order valence-electron chi connectivity index (χ3n) is 3.93. The molecule has 0 fully saturated rings. The highest BCUT2D eigenvalue weighted by molar-refractivity contribution is 7.52. The van der Waals surface area contributed by atoms with Gasteiger partial charge in [0.1, 0.15) is 0 Å². The molecule has 0 nitrogen and oxygen atoms in total. The van der Waals surface area contributed by atoms with Gasteiger partial charge < -0.3 is 0 Å². The lowest BCUT2D eigenvalue weighted by atomic mass is 9.95. The second-order valence-electron chi connectivity index (χ2n) is 5.91. The standard InChI is InChI=1S/C16H9F12P/c17-13(18,19)7-3-1-4-8(14(20,21)22)11(7)29-12-9(15(23,24)25)5-2-6-10(12)16(26,27)28/h1-5,10,29H,6H2. The fourth-order valence-electron chi connectivity index (χ4n) is 2.71. The van der Waals surface area contributed by atoms with Crippen LogP contribution in [0.2, 0.25) is 0 Å². The number of hydrogen-bond acceptors (Lipinski definition) is 0. The molecule has 0 saturated carbocycles. The molecule has 0 bridgehead atoms. The van der Waals surface area contributed by atoms with Crippen molar-refractivity contribution in [1.29, 1.82) is 0 Å². The Bertz CT molecular complexity index is 788. The topological polar surface area (TPSA) is 0 Å². The molecule has 29 heavy (non-hydrogen) atoms. The van der Waals surface area contributed by atoms with Crippen LogP contribution in [0.5, 0.6) is 0 Å². The number of hydrogen-bond donors (Lipinski definition) is 0. The number of allylic oxidation sites excluding steroid dienone is 4. The van der Waals surface area contributed by atoms with Crippen molar-refractivity contribution in [3.8, 4) is 0 Å². The van der Waals surface area contributed by atoms with Crippen molar-refractivity contribution in [1.82, 2.24) is 0 Å². The monoisotopic (exact) mass is 460 g/mol. The summed E-state index contributed by atoms with van der Waals surface area (Å²) in [6, 6.07) is 0.764. The fourth-order valence-corrected chi connectivity index (χ4v) is 4.51. The Morgan fingerprint density at radius 2 is 1.21 bits per heavy atom. The summed E-state index contributed by atoms with van der Waals surface area (Å²) in [6.45, 7) is 0. The highest BCUT2D eigenvalue weighted by Gasteiger charge is 2.49. The molecule has 0 radical (unpaired) electrons. The Morgan fingerprint density at radius 1 is 0.724 bits per heavy atom. The number of rotatable bonds is 2. The molecule has 0 heterocycles. The van der Waals surface area contributed by atoms with Gasteiger partial charge in [-0.25, -0.2) is 0 Å². The fraction of sp³-hybridized carbons (Fsp3) is 0.375. The summed E-state index contributed by atoms with van der Waals surface area (Å²) in [4.78, 5) is 0. The molecule has 2 rings (SSSR count). The van der Waals surface area contributed by atoms with Crippen molar-refractivity contribution >= 4 is 13.9 Å². The van der Waals surface area contributed by atoms with Gasteiger partial charge in [0.05, 0.1) is 22.6 Å². The van der Waals surface area contributed by atoms with Crippen LogP contribution in [0, 0.1) is 5.92 Å². The first-order valence-electron chi connectivity index (χ1n) is 7.53. The van der Waals surface area contributed by atoms with E-state index in [0.29, 0.717) is 12.1 Å². The predicted octanol–water partition coefficient (Wildman–Crippen LogP) is 6.98. The van der Waals surface area contributed by atoms with Crippen molar-refractivity contribution in [3.63, 3.8) is 0 Å². The molecule has 0 aliphatic heterocycles. The van der Waals surface area contributed by atoms with Gasteiger partial charge in [-0.15, -0.1) is 0 Å². The van der Waals surface area contributed by atoms with Crippen LogP contribution in [0.3, 0.4) is 0 Å². The minimum atomic E-state index is -5.42. The lowest BCUT2D eigenvalue weighted by Gasteiger charge is -2.29. The first kappa shape index (κ1) is 23.6. The van der Waals surface area contributed by atoms with Crippen molar-refractivity contribution in [3.05, 3.63) is 52.4 Å². The largest absolute Gasteiger partial charge is 0.417 e. The van der Waals surface area contributed by atoms with Gasteiger partial charge in [-0.3, -0.25) is 0 Å². The molecule has 1 aromatic carbocycles. The van der Waals surface area contributed by atoms with Gasteiger partial charge in [0, 0.05) is 5.30 Å². The normalized spacial score (nSPS) is 19.5. The van der Waals surface area contributed by atoms with Crippen molar-refractivity contribution in [2.45, 2.75) is 31.1 Å². The maximum atomic E-state index is 13.2.